The molecule has 0 radical (unpaired) electrons. The molecule has 8 heteroatoms. The molecular formula is C28H32N4O3S. The molecule has 0 unspecified atom stereocenters. The van der Waals surface area contributed by atoms with Crippen LogP contribution in [0.3, 0.4) is 0 Å². The van der Waals surface area contributed by atoms with Gasteiger partial charge in [-0.25, -0.2) is 0 Å². The second-order valence-corrected chi connectivity index (χ2v) is 9.80. The third-order valence-corrected chi connectivity index (χ3v) is 6.74. The second-order valence-electron chi connectivity index (χ2n) is 8.76. The van der Waals surface area contributed by atoms with E-state index in [-0.39, 0.29) is 11.4 Å². The van der Waals surface area contributed by atoms with Crippen molar-refractivity contribution in [1.82, 2.24) is 5.01 Å². The Kier molecular flexibility index (Phi) is 8.95. The average Bonchev–Trinajstić information content (AvgIpc) is 3.27. The Morgan fingerprint density at radius 3 is 2.47 bits per heavy atom. The van der Waals surface area contributed by atoms with Crippen LogP contribution in [-0.4, -0.2) is 40.2 Å². The van der Waals surface area contributed by atoms with Crippen LogP contribution >= 0.6 is 11.8 Å². The molecule has 0 aliphatic carbocycles. The van der Waals surface area contributed by atoms with Crippen molar-refractivity contribution >= 4 is 39.8 Å². The smallest absolute Gasteiger partial charge is 0.283 e. The topological polar surface area (TPSA) is 87.3 Å². The maximum atomic E-state index is 12.7. The van der Waals surface area contributed by atoms with Gasteiger partial charge in [-0.2, -0.15) is 15.1 Å². The SMILES string of the molecule is CCCCCCCC1=NN2C(=N)/C(=C/c3cccc(OCCOc4cccc(C)c4)c3)C(=O)N=C2S1. The molecule has 7 nitrogen and oxygen atoms in total. The first-order valence-corrected chi connectivity index (χ1v) is 13.3. The normalized spacial score (nSPS) is 16.2. The Balaban J connectivity index is 1.35. The third kappa shape index (κ3) is 6.85. The van der Waals surface area contributed by atoms with Gasteiger partial charge in [0.15, 0.2) is 5.84 Å². The molecule has 2 aliphatic rings. The highest BCUT2D eigenvalue weighted by molar-refractivity contribution is 8.26. The van der Waals surface area contributed by atoms with Crippen LogP contribution in [0.2, 0.25) is 0 Å². The Hall–Kier alpha value is -3.39. The van der Waals surface area contributed by atoms with Crippen molar-refractivity contribution in [3.63, 3.8) is 0 Å². The van der Waals surface area contributed by atoms with Gasteiger partial charge in [-0.1, -0.05) is 56.9 Å². The quantitative estimate of drug-likeness (QED) is 0.266. The molecule has 0 saturated heterocycles. The summed E-state index contributed by atoms with van der Waals surface area (Å²) in [6.45, 7) is 5.03. The van der Waals surface area contributed by atoms with Crippen LogP contribution in [0.1, 0.15) is 56.6 Å². The first kappa shape index (κ1) is 25.7. The van der Waals surface area contributed by atoms with Crippen LogP contribution in [0.5, 0.6) is 11.5 Å². The minimum Gasteiger partial charge on any atom is -0.490 e. The number of aliphatic imine (C=N–C) groups is 1. The number of unbranched alkanes of at least 4 members (excludes halogenated alkanes) is 4. The standard InChI is InChI=1S/C28H32N4O3S/c1-3-4-5-6-7-14-25-31-32-26(29)24(27(33)30-28(32)36-25)19-21-11-9-13-23(18-21)35-16-15-34-22-12-8-10-20(2)17-22/h8-13,17-19,29H,3-7,14-16H2,1-2H3/b24-19-,29-26?. The number of thioether (sulfide) groups is 1. The lowest BCUT2D eigenvalue weighted by atomic mass is 10.1. The van der Waals surface area contributed by atoms with Crippen molar-refractivity contribution in [2.24, 2.45) is 10.1 Å². The van der Waals surface area contributed by atoms with E-state index in [0.717, 1.165) is 41.2 Å². The zero-order valence-electron chi connectivity index (χ0n) is 20.8. The zero-order valence-corrected chi connectivity index (χ0v) is 21.6. The number of carbonyl (C=O) groups is 1. The molecule has 0 bridgehead atoms. The lowest BCUT2D eigenvalue weighted by molar-refractivity contribution is -0.114. The number of benzene rings is 2. The predicted octanol–water partition coefficient (Wildman–Crippen LogP) is 6.43. The number of carbonyl (C=O) groups excluding carboxylic acids is 1. The largest absolute Gasteiger partial charge is 0.490 e. The summed E-state index contributed by atoms with van der Waals surface area (Å²) in [7, 11) is 0. The van der Waals surface area contributed by atoms with Gasteiger partial charge in [-0.3, -0.25) is 10.2 Å². The number of ether oxygens (including phenoxy) is 2. The molecule has 2 aromatic carbocycles. The van der Waals surface area contributed by atoms with Gasteiger partial charge in [0, 0.05) is 0 Å². The van der Waals surface area contributed by atoms with Gasteiger partial charge in [0.25, 0.3) is 5.91 Å². The highest BCUT2D eigenvalue weighted by atomic mass is 32.2. The molecular weight excluding hydrogens is 472 g/mol. The van der Waals surface area contributed by atoms with E-state index in [9.17, 15) is 4.79 Å². The first-order chi connectivity index (χ1) is 17.5. The lowest BCUT2D eigenvalue weighted by Crippen LogP contribution is -2.35. The van der Waals surface area contributed by atoms with Crippen LogP contribution in [0.4, 0.5) is 0 Å². The molecule has 1 amide bonds. The van der Waals surface area contributed by atoms with E-state index in [1.54, 1.807) is 6.08 Å². The molecule has 0 spiro atoms. The van der Waals surface area contributed by atoms with Crippen LogP contribution in [0.15, 0.2) is 64.2 Å². The highest BCUT2D eigenvalue weighted by Crippen LogP contribution is 2.30. The summed E-state index contributed by atoms with van der Waals surface area (Å²) in [4.78, 5) is 16.9. The van der Waals surface area contributed by atoms with Gasteiger partial charge in [-0.15, -0.1) is 0 Å². The van der Waals surface area contributed by atoms with E-state index < -0.39 is 5.91 Å². The Morgan fingerprint density at radius 2 is 1.72 bits per heavy atom. The summed E-state index contributed by atoms with van der Waals surface area (Å²) in [5, 5.41) is 16.0. The predicted molar refractivity (Wildman–Crippen MR) is 147 cm³/mol. The fourth-order valence-corrected chi connectivity index (χ4v) is 4.82. The highest BCUT2D eigenvalue weighted by Gasteiger charge is 2.35. The number of fused-ring (bicyclic) bond motifs is 1. The number of hydrogen-bond donors (Lipinski definition) is 1. The van der Waals surface area contributed by atoms with Crippen molar-refractivity contribution in [2.75, 3.05) is 13.2 Å². The van der Waals surface area contributed by atoms with Gasteiger partial charge in [0.1, 0.15) is 29.8 Å². The van der Waals surface area contributed by atoms with Gasteiger partial charge in [-0.05, 0) is 73.0 Å². The summed E-state index contributed by atoms with van der Waals surface area (Å²) < 4.78 is 11.6. The maximum absolute atomic E-state index is 12.7. The Bertz CT molecular complexity index is 1200. The molecule has 0 aromatic heterocycles. The van der Waals surface area contributed by atoms with E-state index in [0.29, 0.717) is 24.1 Å². The molecule has 0 fully saturated rings. The monoisotopic (exact) mass is 504 g/mol. The summed E-state index contributed by atoms with van der Waals surface area (Å²) in [5.74, 6) is 1.11. The summed E-state index contributed by atoms with van der Waals surface area (Å²) in [6, 6.07) is 15.3. The molecule has 36 heavy (non-hydrogen) atoms. The summed E-state index contributed by atoms with van der Waals surface area (Å²) in [5.41, 5.74) is 2.11. The van der Waals surface area contributed by atoms with Gasteiger partial charge in [0.05, 0.1) is 5.57 Å². The summed E-state index contributed by atoms with van der Waals surface area (Å²) >= 11 is 1.39. The molecule has 4 rings (SSSR count). The van der Waals surface area contributed by atoms with Crippen molar-refractivity contribution in [3.05, 3.63) is 65.2 Å². The van der Waals surface area contributed by atoms with E-state index in [4.69, 9.17) is 14.9 Å². The lowest BCUT2D eigenvalue weighted by Gasteiger charge is -2.20. The maximum Gasteiger partial charge on any atom is 0.283 e. The van der Waals surface area contributed by atoms with Crippen LogP contribution in [-0.2, 0) is 4.79 Å². The summed E-state index contributed by atoms with van der Waals surface area (Å²) in [6.07, 6.45) is 8.42. The molecule has 2 heterocycles. The fourth-order valence-electron chi connectivity index (χ4n) is 3.90. The third-order valence-electron chi connectivity index (χ3n) is 5.77. The molecule has 2 aliphatic heterocycles. The van der Waals surface area contributed by atoms with Crippen molar-refractivity contribution < 1.29 is 14.3 Å². The number of nitrogens with one attached hydrogen (secondary N) is 1. The Labute approximate surface area is 216 Å². The molecule has 188 valence electrons. The minimum absolute atomic E-state index is 0.0522. The first-order valence-electron chi connectivity index (χ1n) is 12.4. The van der Waals surface area contributed by atoms with Crippen LogP contribution < -0.4 is 9.47 Å². The number of hydrazone groups is 1. The van der Waals surface area contributed by atoms with Crippen molar-refractivity contribution in [3.8, 4) is 11.5 Å². The number of nitrogens with zero attached hydrogens (tertiary/aromatic N) is 3. The van der Waals surface area contributed by atoms with Gasteiger partial charge in [0.2, 0.25) is 5.17 Å². The molecule has 1 N–H and O–H groups in total. The Morgan fingerprint density at radius 1 is 1.00 bits per heavy atom. The van der Waals surface area contributed by atoms with E-state index in [2.05, 4.69) is 17.0 Å². The molecule has 2 aromatic rings. The fraction of sp³-hybridized carbons (Fsp3) is 0.357. The van der Waals surface area contributed by atoms with E-state index in [1.807, 2.05) is 55.5 Å². The number of amidine groups is 2. The molecule has 0 saturated carbocycles. The van der Waals surface area contributed by atoms with E-state index in [1.165, 1.54) is 36.0 Å². The zero-order chi connectivity index (χ0) is 25.3. The molecule has 0 atom stereocenters. The second kappa shape index (κ2) is 12.5. The van der Waals surface area contributed by atoms with Gasteiger partial charge < -0.3 is 9.47 Å². The van der Waals surface area contributed by atoms with Crippen LogP contribution in [0.25, 0.3) is 6.08 Å². The number of amides is 1. The average molecular weight is 505 g/mol. The number of rotatable bonds is 12. The van der Waals surface area contributed by atoms with Crippen molar-refractivity contribution in [1.29, 1.82) is 5.41 Å². The van der Waals surface area contributed by atoms with Crippen molar-refractivity contribution in [2.45, 2.75) is 52.4 Å². The van der Waals surface area contributed by atoms with Gasteiger partial charge >= 0.3 is 0 Å². The van der Waals surface area contributed by atoms with Crippen LogP contribution in [0, 0.1) is 12.3 Å². The minimum atomic E-state index is -0.420. The van der Waals surface area contributed by atoms with E-state index >= 15 is 0 Å². The number of aryl methyl sites for hydroxylation is 1. The number of hydrogen-bond acceptors (Lipinski definition) is 6.